The quantitative estimate of drug-likeness (QED) is 0.0978. The fraction of sp³-hybridized carbons (Fsp3) is 0.450. The van der Waals surface area contributed by atoms with Crippen LogP contribution in [-0.2, 0) is 5.60 Å². The number of furan rings is 1. The average molecular weight is 531 g/mol. The lowest BCUT2D eigenvalue weighted by atomic mass is 9.96. The van der Waals surface area contributed by atoms with Gasteiger partial charge in [0.2, 0.25) is 0 Å². The number of aliphatic hydroxyl groups is 1. The fourth-order valence-corrected chi connectivity index (χ4v) is 2.99. The van der Waals surface area contributed by atoms with E-state index in [0.29, 0.717) is 42.6 Å². The van der Waals surface area contributed by atoms with Crippen LogP contribution in [0, 0.1) is 24.0 Å². The van der Waals surface area contributed by atoms with Crippen molar-refractivity contribution in [2.45, 2.75) is 33.3 Å². The molecule has 0 saturated heterocycles. The number of aryl methyl sites for hydroxylation is 2. The maximum Gasteiger partial charge on any atom is 0.292 e. The molecule has 0 aliphatic heterocycles. The number of halogens is 1. The summed E-state index contributed by atoms with van der Waals surface area (Å²) >= 11 is 0. The molecule has 0 aliphatic carbocycles. The summed E-state index contributed by atoms with van der Waals surface area (Å²) < 4.78 is 5.51. The largest absolute Gasteiger partial charge is 0.466 e. The number of hydrogen-bond donors (Lipinski definition) is 4. The first-order chi connectivity index (χ1) is 13.7. The number of guanidine groups is 1. The molecule has 0 amide bonds. The third-order valence-corrected chi connectivity index (χ3v) is 4.34. The van der Waals surface area contributed by atoms with Crippen LogP contribution in [0.4, 0.5) is 11.4 Å². The van der Waals surface area contributed by atoms with Crippen LogP contribution in [0.5, 0.6) is 0 Å². The Hall–Kier alpha value is -2.34. The van der Waals surface area contributed by atoms with Gasteiger partial charge in [0.15, 0.2) is 5.96 Å². The first-order valence-electron chi connectivity index (χ1n) is 9.54. The molecule has 166 valence electrons. The van der Waals surface area contributed by atoms with Gasteiger partial charge < -0.3 is 25.5 Å². The molecular formula is C20H30IN5O4. The Morgan fingerprint density at radius 2 is 1.97 bits per heavy atom. The Bertz CT molecular complexity index is 867. The number of nitrogens with one attached hydrogen (secondary N) is 3. The molecule has 1 atom stereocenters. The van der Waals surface area contributed by atoms with E-state index in [1.807, 2.05) is 26.8 Å². The molecular weight excluding hydrogens is 501 g/mol. The summed E-state index contributed by atoms with van der Waals surface area (Å²) in [6.07, 6.45) is 0. The third kappa shape index (κ3) is 7.17. The van der Waals surface area contributed by atoms with E-state index in [1.165, 1.54) is 6.07 Å². The monoisotopic (exact) mass is 531 g/mol. The van der Waals surface area contributed by atoms with E-state index in [-0.39, 0.29) is 36.2 Å². The molecule has 0 saturated carbocycles. The zero-order valence-corrected chi connectivity index (χ0v) is 20.0. The summed E-state index contributed by atoms with van der Waals surface area (Å²) in [7, 11) is 0. The highest BCUT2D eigenvalue weighted by Crippen LogP contribution is 2.27. The van der Waals surface area contributed by atoms with Crippen molar-refractivity contribution in [3.63, 3.8) is 0 Å². The summed E-state index contributed by atoms with van der Waals surface area (Å²) in [5.41, 5.74) is 0.0603. The smallest absolute Gasteiger partial charge is 0.292 e. The van der Waals surface area contributed by atoms with Crippen molar-refractivity contribution in [3.05, 3.63) is 57.5 Å². The zero-order valence-electron chi connectivity index (χ0n) is 17.7. The van der Waals surface area contributed by atoms with Gasteiger partial charge in [0.1, 0.15) is 22.8 Å². The van der Waals surface area contributed by atoms with Gasteiger partial charge in [0.05, 0.1) is 11.5 Å². The molecule has 4 N–H and O–H groups in total. The minimum atomic E-state index is -1.16. The van der Waals surface area contributed by atoms with Crippen molar-refractivity contribution in [1.29, 1.82) is 0 Å². The highest BCUT2D eigenvalue weighted by atomic mass is 127. The van der Waals surface area contributed by atoms with Crippen molar-refractivity contribution < 1.29 is 14.4 Å². The molecule has 0 bridgehead atoms. The van der Waals surface area contributed by atoms with Gasteiger partial charge in [0, 0.05) is 31.3 Å². The predicted octanol–water partition coefficient (Wildman–Crippen LogP) is 3.30. The van der Waals surface area contributed by atoms with Crippen LogP contribution in [0.2, 0.25) is 0 Å². The van der Waals surface area contributed by atoms with Gasteiger partial charge in [-0.3, -0.25) is 10.1 Å². The lowest BCUT2D eigenvalue weighted by Crippen LogP contribution is -2.40. The molecule has 30 heavy (non-hydrogen) atoms. The molecule has 0 spiro atoms. The van der Waals surface area contributed by atoms with Gasteiger partial charge in [-0.2, -0.15) is 0 Å². The average Bonchev–Trinajstić information content (AvgIpc) is 3.02. The highest BCUT2D eigenvalue weighted by Gasteiger charge is 2.27. The molecule has 2 aromatic rings. The van der Waals surface area contributed by atoms with E-state index in [0.717, 1.165) is 5.76 Å². The molecule has 1 heterocycles. The Kier molecular flexibility index (Phi) is 10.1. The van der Waals surface area contributed by atoms with E-state index >= 15 is 0 Å². The van der Waals surface area contributed by atoms with Crippen molar-refractivity contribution in [1.82, 2.24) is 10.6 Å². The van der Waals surface area contributed by atoms with Gasteiger partial charge >= 0.3 is 0 Å². The van der Waals surface area contributed by atoms with Gasteiger partial charge in [-0.15, -0.1) is 24.0 Å². The summed E-state index contributed by atoms with van der Waals surface area (Å²) in [6, 6.07) is 8.33. The van der Waals surface area contributed by atoms with Crippen LogP contribution in [0.1, 0.15) is 30.9 Å². The molecule has 10 heteroatoms. The van der Waals surface area contributed by atoms with Crippen LogP contribution in [0.3, 0.4) is 0 Å². The number of nitrogens with zero attached hydrogens (tertiary/aromatic N) is 2. The van der Waals surface area contributed by atoms with Crippen LogP contribution >= 0.6 is 24.0 Å². The number of nitro groups is 1. The van der Waals surface area contributed by atoms with Crippen molar-refractivity contribution in [3.8, 4) is 0 Å². The first-order valence-corrected chi connectivity index (χ1v) is 9.54. The molecule has 1 aromatic heterocycles. The molecule has 0 radical (unpaired) electrons. The minimum absolute atomic E-state index is 0. The van der Waals surface area contributed by atoms with E-state index in [4.69, 9.17) is 4.42 Å². The fourth-order valence-electron chi connectivity index (χ4n) is 2.99. The standard InChI is InChI=1S/C20H29N5O4.HI/c1-5-21-19(24-13-20(4,26)16-12-14(2)29-15(16)3)23-11-10-22-17-8-6-7-9-18(17)25(27)28;/h6-9,12,22,26H,5,10-11,13H2,1-4H3,(H2,21,23,24);1H. The first kappa shape index (κ1) is 25.7. The number of nitro benzene ring substituents is 1. The molecule has 0 aliphatic rings. The van der Waals surface area contributed by atoms with Crippen LogP contribution < -0.4 is 16.0 Å². The number of anilines is 1. The maximum atomic E-state index is 11.1. The molecule has 0 fully saturated rings. The maximum absolute atomic E-state index is 11.1. The number of hydrogen-bond acceptors (Lipinski definition) is 6. The highest BCUT2D eigenvalue weighted by molar-refractivity contribution is 14.0. The molecule has 1 unspecified atom stereocenters. The summed E-state index contributed by atoms with van der Waals surface area (Å²) in [5, 5.41) is 31.2. The number of para-hydroxylation sites is 2. The van der Waals surface area contributed by atoms with Gasteiger partial charge in [-0.05, 0) is 39.8 Å². The minimum Gasteiger partial charge on any atom is -0.466 e. The Morgan fingerprint density at radius 3 is 2.57 bits per heavy atom. The number of benzene rings is 1. The van der Waals surface area contributed by atoms with Gasteiger partial charge in [-0.1, -0.05) is 12.1 Å². The lowest BCUT2D eigenvalue weighted by molar-refractivity contribution is -0.384. The normalized spacial score (nSPS) is 13.2. The Morgan fingerprint density at radius 1 is 1.27 bits per heavy atom. The number of aliphatic imine (C=N–C) groups is 1. The van der Waals surface area contributed by atoms with E-state index in [2.05, 4.69) is 20.9 Å². The summed E-state index contributed by atoms with van der Waals surface area (Å²) in [5.74, 6) is 1.97. The zero-order chi connectivity index (χ0) is 21.4. The van der Waals surface area contributed by atoms with E-state index in [9.17, 15) is 15.2 Å². The topological polar surface area (TPSA) is 125 Å². The third-order valence-electron chi connectivity index (χ3n) is 4.34. The van der Waals surface area contributed by atoms with Gasteiger partial charge in [-0.25, -0.2) is 4.99 Å². The van der Waals surface area contributed by atoms with Crippen molar-refractivity contribution >= 4 is 41.3 Å². The Balaban J connectivity index is 0.00000450. The predicted molar refractivity (Wildman–Crippen MR) is 129 cm³/mol. The lowest BCUT2D eigenvalue weighted by Gasteiger charge is -2.21. The van der Waals surface area contributed by atoms with Crippen LogP contribution in [0.15, 0.2) is 39.7 Å². The number of rotatable bonds is 9. The summed E-state index contributed by atoms with van der Waals surface area (Å²) in [4.78, 5) is 15.1. The SMILES string of the molecule is CCNC(=NCC(C)(O)c1cc(C)oc1C)NCCNc1ccccc1[N+](=O)[O-].I. The molecule has 9 nitrogen and oxygen atoms in total. The summed E-state index contributed by atoms with van der Waals surface area (Å²) in [6.45, 7) is 9.08. The van der Waals surface area contributed by atoms with E-state index < -0.39 is 10.5 Å². The van der Waals surface area contributed by atoms with Crippen LogP contribution in [0.25, 0.3) is 0 Å². The second-order valence-electron chi connectivity index (χ2n) is 6.92. The molecule has 1 aromatic carbocycles. The van der Waals surface area contributed by atoms with Crippen LogP contribution in [-0.4, -0.2) is 42.2 Å². The van der Waals surface area contributed by atoms with Crippen molar-refractivity contribution in [2.24, 2.45) is 4.99 Å². The molecule has 2 rings (SSSR count). The van der Waals surface area contributed by atoms with Gasteiger partial charge in [0.25, 0.3) is 5.69 Å². The second-order valence-corrected chi connectivity index (χ2v) is 6.92. The van der Waals surface area contributed by atoms with E-state index in [1.54, 1.807) is 25.1 Å². The Labute approximate surface area is 193 Å². The van der Waals surface area contributed by atoms with Crippen molar-refractivity contribution in [2.75, 3.05) is 31.5 Å². The second kappa shape index (κ2) is 11.7.